The molecule has 1 aromatic carbocycles. The largest absolute Gasteiger partial charge is 0.398 e. The van der Waals surface area contributed by atoms with Gasteiger partial charge in [0.05, 0.1) is 0 Å². The molecule has 0 aliphatic rings. The standard InChI is InChI=1S/C10H14IN/c1-5-6(2)8(4)10(12)9(11)7(5)3/h12H2,1-4H3. The molecule has 0 amide bonds. The van der Waals surface area contributed by atoms with E-state index in [-0.39, 0.29) is 0 Å². The maximum Gasteiger partial charge on any atom is 0.0485 e. The Labute approximate surface area is 87.5 Å². The molecule has 1 nitrogen and oxygen atoms in total. The highest BCUT2D eigenvalue weighted by atomic mass is 127. The van der Waals surface area contributed by atoms with E-state index in [0.29, 0.717) is 0 Å². The van der Waals surface area contributed by atoms with Crippen LogP contribution in [0.2, 0.25) is 0 Å². The fourth-order valence-electron chi connectivity index (χ4n) is 1.30. The van der Waals surface area contributed by atoms with Crippen molar-refractivity contribution in [2.75, 3.05) is 5.73 Å². The molecule has 0 spiro atoms. The van der Waals surface area contributed by atoms with Gasteiger partial charge in [0.1, 0.15) is 0 Å². The molecule has 0 heterocycles. The van der Waals surface area contributed by atoms with Gasteiger partial charge < -0.3 is 5.73 Å². The summed E-state index contributed by atoms with van der Waals surface area (Å²) in [5, 5.41) is 0. The molecule has 66 valence electrons. The van der Waals surface area contributed by atoms with Gasteiger partial charge in [-0.25, -0.2) is 0 Å². The Bertz CT molecular complexity index is 224. The van der Waals surface area contributed by atoms with Gasteiger partial charge >= 0.3 is 0 Å². The van der Waals surface area contributed by atoms with Crippen LogP contribution in [0.3, 0.4) is 0 Å². The lowest BCUT2D eigenvalue weighted by Crippen LogP contribution is -2.01. The second kappa shape index (κ2) is 3.24. The normalized spacial score (nSPS) is 10.4. The lowest BCUT2D eigenvalue weighted by molar-refractivity contribution is 1.20. The zero-order valence-corrected chi connectivity index (χ0v) is 10.1. The topological polar surface area (TPSA) is 26.0 Å². The summed E-state index contributed by atoms with van der Waals surface area (Å²) in [6, 6.07) is 0. The van der Waals surface area contributed by atoms with Crippen molar-refractivity contribution < 1.29 is 0 Å². The van der Waals surface area contributed by atoms with Gasteiger partial charge in [-0.05, 0) is 72.5 Å². The first kappa shape index (κ1) is 9.84. The van der Waals surface area contributed by atoms with Gasteiger partial charge in [0.2, 0.25) is 0 Å². The van der Waals surface area contributed by atoms with Crippen molar-refractivity contribution in [1.29, 1.82) is 0 Å². The third-order valence-electron chi connectivity index (χ3n) is 2.66. The van der Waals surface area contributed by atoms with Crippen LogP contribution in [0.4, 0.5) is 5.69 Å². The molecule has 0 aliphatic heterocycles. The number of benzene rings is 1. The summed E-state index contributed by atoms with van der Waals surface area (Å²) in [5.74, 6) is 0. The number of rotatable bonds is 0. The number of nitrogens with two attached hydrogens (primary N) is 1. The Morgan fingerprint density at radius 2 is 1.25 bits per heavy atom. The molecular weight excluding hydrogens is 261 g/mol. The second-order valence-corrected chi connectivity index (χ2v) is 4.31. The predicted octanol–water partition coefficient (Wildman–Crippen LogP) is 3.11. The van der Waals surface area contributed by atoms with Crippen molar-refractivity contribution in [2.45, 2.75) is 27.7 Å². The zero-order chi connectivity index (χ0) is 9.46. The molecule has 0 aromatic heterocycles. The monoisotopic (exact) mass is 275 g/mol. The number of anilines is 1. The molecule has 0 saturated carbocycles. The van der Waals surface area contributed by atoms with Crippen LogP contribution in [-0.4, -0.2) is 0 Å². The summed E-state index contributed by atoms with van der Waals surface area (Å²) in [6.45, 7) is 8.49. The van der Waals surface area contributed by atoms with E-state index in [1.165, 1.54) is 25.8 Å². The molecule has 0 unspecified atom stereocenters. The van der Waals surface area contributed by atoms with E-state index in [1.54, 1.807) is 0 Å². The summed E-state index contributed by atoms with van der Waals surface area (Å²) in [7, 11) is 0. The molecule has 0 saturated heterocycles. The van der Waals surface area contributed by atoms with E-state index in [2.05, 4.69) is 50.3 Å². The smallest absolute Gasteiger partial charge is 0.0485 e. The second-order valence-electron chi connectivity index (χ2n) is 3.23. The van der Waals surface area contributed by atoms with Crippen LogP contribution < -0.4 is 5.73 Å². The quantitative estimate of drug-likeness (QED) is 0.571. The SMILES string of the molecule is Cc1c(C)c(C)c(I)c(N)c1C. The van der Waals surface area contributed by atoms with E-state index in [0.717, 1.165) is 5.69 Å². The van der Waals surface area contributed by atoms with Crippen LogP contribution in [0.1, 0.15) is 22.3 Å². The van der Waals surface area contributed by atoms with Crippen molar-refractivity contribution >= 4 is 28.3 Å². The fraction of sp³-hybridized carbons (Fsp3) is 0.400. The minimum Gasteiger partial charge on any atom is -0.398 e. The van der Waals surface area contributed by atoms with Crippen molar-refractivity contribution in [3.05, 3.63) is 25.8 Å². The molecule has 2 heteroatoms. The first-order valence-electron chi connectivity index (χ1n) is 3.98. The van der Waals surface area contributed by atoms with Gasteiger partial charge in [-0.3, -0.25) is 0 Å². The Kier molecular flexibility index (Phi) is 2.66. The molecule has 12 heavy (non-hydrogen) atoms. The summed E-state index contributed by atoms with van der Waals surface area (Å²) >= 11 is 2.31. The average molecular weight is 275 g/mol. The Morgan fingerprint density at radius 1 is 0.833 bits per heavy atom. The highest BCUT2D eigenvalue weighted by molar-refractivity contribution is 14.1. The van der Waals surface area contributed by atoms with E-state index in [9.17, 15) is 0 Å². The molecule has 0 aliphatic carbocycles. The van der Waals surface area contributed by atoms with Crippen molar-refractivity contribution in [2.24, 2.45) is 0 Å². The van der Waals surface area contributed by atoms with Gasteiger partial charge in [0.15, 0.2) is 0 Å². The number of hydrogen-bond donors (Lipinski definition) is 1. The van der Waals surface area contributed by atoms with E-state index >= 15 is 0 Å². The summed E-state index contributed by atoms with van der Waals surface area (Å²) in [4.78, 5) is 0. The van der Waals surface area contributed by atoms with Crippen LogP contribution in [0, 0.1) is 31.3 Å². The molecule has 2 N–H and O–H groups in total. The minimum atomic E-state index is 0.941. The van der Waals surface area contributed by atoms with Gasteiger partial charge in [0.25, 0.3) is 0 Å². The van der Waals surface area contributed by atoms with Crippen LogP contribution in [0.15, 0.2) is 0 Å². The Balaban J connectivity index is 3.60. The highest BCUT2D eigenvalue weighted by Crippen LogP contribution is 2.29. The minimum absolute atomic E-state index is 0.941. The van der Waals surface area contributed by atoms with Gasteiger partial charge in [-0.1, -0.05) is 0 Å². The first-order chi connectivity index (χ1) is 5.46. The summed E-state index contributed by atoms with van der Waals surface area (Å²) < 4.78 is 1.20. The lowest BCUT2D eigenvalue weighted by atomic mass is 9.98. The molecule has 0 atom stereocenters. The summed E-state index contributed by atoms with van der Waals surface area (Å²) in [6.07, 6.45) is 0. The van der Waals surface area contributed by atoms with Crippen molar-refractivity contribution in [1.82, 2.24) is 0 Å². The van der Waals surface area contributed by atoms with Crippen LogP contribution in [0.25, 0.3) is 0 Å². The van der Waals surface area contributed by atoms with Crippen molar-refractivity contribution in [3.8, 4) is 0 Å². The van der Waals surface area contributed by atoms with E-state index in [1.807, 2.05) is 0 Å². The lowest BCUT2D eigenvalue weighted by Gasteiger charge is -2.13. The van der Waals surface area contributed by atoms with Gasteiger partial charge in [-0.2, -0.15) is 0 Å². The van der Waals surface area contributed by atoms with E-state index in [4.69, 9.17) is 5.73 Å². The highest BCUT2D eigenvalue weighted by Gasteiger charge is 2.09. The fourth-order valence-corrected chi connectivity index (χ4v) is 2.10. The average Bonchev–Trinajstić information content (AvgIpc) is 2.08. The molecular formula is C10H14IN. The molecule has 1 aromatic rings. The number of nitrogen functional groups attached to an aromatic ring is 1. The van der Waals surface area contributed by atoms with Gasteiger partial charge in [0, 0.05) is 9.26 Å². The Hall–Kier alpha value is -0.250. The Morgan fingerprint density at radius 3 is 1.75 bits per heavy atom. The molecule has 1 rings (SSSR count). The molecule has 0 radical (unpaired) electrons. The van der Waals surface area contributed by atoms with E-state index < -0.39 is 0 Å². The van der Waals surface area contributed by atoms with Crippen molar-refractivity contribution in [3.63, 3.8) is 0 Å². The third kappa shape index (κ3) is 1.32. The van der Waals surface area contributed by atoms with Gasteiger partial charge in [-0.15, -0.1) is 0 Å². The van der Waals surface area contributed by atoms with Crippen LogP contribution in [0.5, 0.6) is 0 Å². The van der Waals surface area contributed by atoms with Crippen LogP contribution in [-0.2, 0) is 0 Å². The summed E-state index contributed by atoms with van der Waals surface area (Å²) in [5.41, 5.74) is 12.1. The maximum absolute atomic E-state index is 5.94. The predicted molar refractivity (Wildman–Crippen MR) is 62.5 cm³/mol. The maximum atomic E-state index is 5.94. The number of halogens is 1. The third-order valence-corrected chi connectivity index (χ3v) is 4.05. The molecule has 0 bridgehead atoms. The number of hydrogen-bond acceptors (Lipinski definition) is 1. The first-order valence-corrected chi connectivity index (χ1v) is 5.06. The zero-order valence-electron chi connectivity index (χ0n) is 7.96. The molecule has 0 fully saturated rings. The van der Waals surface area contributed by atoms with Crippen LogP contribution >= 0.6 is 22.6 Å².